The maximum Gasteiger partial charge on any atom is -0.0207 e. The summed E-state index contributed by atoms with van der Waals surface area (Å²) < 4.78 is 0. The second-order valence-corrected chi connectivity index (χ2v) is 7.77. The van der Waals surface area contributed by atoms with Crippen LogP contribution in [0.1, 0.15) is 51.4 Å². The molecule has 2 heterocycles. The molecule has 0 radical (unpaired) electrons. The minimum absolute atomic E-state index is 0.431. The Labute approximate surface area is 89.9 Å². The molecule has 2 bridgehead atoms. The second kappa shape index (κ2) is 5.31. The average Bonchev–Trinajstić information content (AvgIpc) is 2.17. The number of unbranched alkanes of at least 4 members (excludes halogenated alkanes) is 1. The van der Waals surface area contributed by atoms with E-state index >= 15 is 0 Å². The lowest BCUT2D eigenvalue weighted by Crippen LogP contribution is -2.27. The third kappa shape index (κ3) is 2.40. The molecular weight excluding hydrogens is 187 g/mol. The molecule has 1 heteroatoms. The Morgan fingerprint density at radius 1 is 1.07 bits per heavy atom. The fraction of sp³-hybridized carbons (Fsp3) is 0.846. The molecule has 0 spiro atoms. The fourth-order valence-electron chi connectivity index (χ4n) is 3.21. The van der Waals surface area contributed by atoms with Crippen molar-refractivity contribution in [2.24, 2.45) is 0 Å². The lowest BCUT2D eigenvalue weighted by molar-refractivity contribution is 0.474. The van der Waals surface area contributed by atoms with Crippen molar-refractivity contribution >= 4 is 7.92 Å². The summed E-state index contributed by atoms with van der Waals surface area (Å²) in [6, 6.07) is 0. The van der Waals surface area contributed by atoms with Crippen molar-refractivity contribution in [2.75, 3.05) is 6.16 Å². The zero-order valence-corrected chi connectivity index (χ0v) is 10.1. The van der Waals surface area contributed by atoms with Gasteiger partial charge in [-0.15, -0.1) is 14.5 Å². The third-order valence-corrected chi connectivity index (χ3v) is 7.65. The van der Waals surface area contributed by atoms with Crippen LogP contribution in [0.15, 0.2) is 12.7 Å². The molecule has 80 valence electrons. The fourth-order valence-corrected chi connectivity index (χ4v) is 7.14. The predicted octanol–water partition coefficient (Wildman–Crippen LogP) is 4.54. The summed E-state index contributed by atoms with van der Waals surface area (Å²) in [5.41, 5.74) is 2.34. The Bertz CT molecular complexity index is 166. The highest BCUT2D eigenvalue weighted by Gasteiger charge is 2.34. The van der Waals surface area contributed by atoms with Crippen LogP contribution in [0.3, 0.4) is 0 Å². The number of rotatable bonds is 4. The molecule has 2 fully saturated rings. The van der Waals surface area contributed by atoms with E-state index in [1.54, 1.807) is 31.8 Å². The molecule has 2 aliphatic rings. The van der Waals surface area contributed by atoms with Gasteiger partial charge in [-0.2, -0.15) is 0 Å². The van der Waals surface area contributed by atoms with Crippen LogP contribution >= 0.6 is 7.92 Å². The van der Waals surface area contributed by atoms with Gasteiger partial charge in [0.25, 0.3) is 0 Å². The van der Waals surface area contributed by atoms with E-state index < -0.39 is 0 Å². The Morgan fingerprint density at radius 3 is 2.14 bits per heavy atom. The van der Waals surface area contributed by atoms with Gasteiger partial charge in [0.1, 0.15) is 0 Å². The molecule has 2 saturated heterocycles. The zero-order valence-electron chi connectivity index (χ0n) is 9.25. The summed E-state index contributed by atoms with van der Waals surface area (Å²) in [6.07, 6.45) is 15.6. The third-order valence-electron chi connectivity index (χ3n) is 3.91. The predicted molar refractivity (Wildman–Crippen MR) is 66.5 cm³/mol. The van der Waals surface area contributed by atoms with Crippen molar-refractivity contribution in [1.82, 2.24) is 0 Å². The summed E-state index contributed by atoms with van der Waals surface area (Å²) in [7, 11) is 0.431. The van der Waals surface area contributed by atoms with Gasteiger partial charge in [0.05, 0.1) is 0 Å². The molecule has 0 aromatic heterocycles. The van der Waals surface area contributed by atoms with Crippen LogP contribution in [0.2, 0.25) is 0 Å². The summed E-state index contributed by atoms with van der Waals surface area (Å²) >= 11 is 0. The van der Waals surface area contributed by atoms with Crippen LogP contribution in [0, 0.1) is 0 Å². The number of hydrogen-bond donors (Lipinski definition) is 0. The van der Waals surface area contributed by atoms with E-state index in [4.69, 9.17) is 0 Å². The van der Waals surface area contributed by atoms with Crippen LogP contribution in [0.5, 0.6) is 0 Å². The van der Waals surface area contributed by atoms with Crippen LogP contribution in [0.25, 0.3) is 0 Å². The highest BCUT2D eigenvalue weighted by molar-refractivity contribution is 7.59. The van der Waals surface area contributed by atoms with Crippen molar-refractivity contribution in [3.63, 3.8) is 0 Å². The second-order valence-electron chi connectivity index (χ2n) is 4.84. The van der Waals surface area contributed by atoms with Gasteiger partial charge in [-0.25, -0.2) is 0 Å². The van der Waals surface area contributed by atoms with Gasteiger partial charge in [-0.1, -0.05) is 18.9 Å². The first-order valence-corrected chi connectivity index (χ1v) is 7.95. The van der Waals surface area contributed by atoms with E-state index in [-0.39, 0.29) is 0 Å². The highest BCUT2D eigenvalue weighted by atomic mass is 31.1. The van der Waals surface area contributed by atoms with Crippen molar-refractivity contribution in [1.29, 1.82) is 0 Å². The summed E-state index contributed by atoms with van der Waals surface area (Å²) in [5.74, 6) is 0. The summed E-state index contributed by atoms with van der Waals surface area (Å²) in [5, 5.41) is 0. The lowest BCUT2D eigenvalue weighted by atomic mass is 9.99. The maximum atomic E-state index is 3.82. The first kappa shape index (κ1) is 10.7. The van der Waals surface area contributed by atoms with E-state index in [2.05, 4.69) is 12.7 Å². The largest absolute Gasteiger partial charge is 0.103 e. The van der Waals surface area contributed by atoms with Gasteiger partial charge < -0.3 is 0 Å². The van der Waals surface area contributed by atoms with Crippen LogP contribution in [0.4, 0.5) is 0 Å². The molecule has 0 nitrogen and oxygen atoms in total. The molecular formula is C13H23P. The first-order chi connectivity index (χ1) is 6.92. The Balaban J connectivity index is 1.85. The average molecular weight is 210 g/mol. The van der Waals surface area contributed by atoms with Crippen LogP contribution < -0.4 is 0 Å². The first-order valence-electron chi connectivity index (χ1n) is 6.28. The molecule has 14 heavy (non-hydrogen) atoms. The summed E-state index contributed by atoms with van der Waals surface area (Å²) in [4.78, 5) is 0. The Kier molecular flexibility index (Phi) is 4.05. The molecule has 0 aromatic carbocycles. The Hall–Kier alpha value is 0.170. The Morgan fingerprint density at radius 2 is 1.64 bits per heavy atom. The smallest absolute Gasteiger partial charge is 0.0207 e. The van der Waals surface area contributed by atoms with E-state index in [0.717, 1.165) is 0 Å². The zero-order chi connectivity index (χ0) is 9.80. The van der Waals surface area contributed by atoms with E-state index in [1.165, 1.54) is 37.0 Å². The van der Waals surface area contributed by atoms with Gasteiger partial charge >= 0.3 is 0 Å². The van der Waals surface area contributed by atoms with Gasteiger partial charge in [0.2, 0.25) is 0 Å². The van der Waals surface area contributed by atoms with Crippen molar-refractivity contribution < 1.29 is 0 Å². The molecule has 2 aliphatic heterocycles. The van der Waals surface area contributed by atoms with E-state index in [9.17, 15) is 0 Å². The molecule has 0 N–H and O–H groups in total. The molecule has 0 amide bonds. The standard InChI is InChI=1S/C13H23P/c1-2-3-4-11-14-12-7-5-8-13(14)10-6-9-12/h2,12-13H,1,3-11H2. The highest BCUT2D eigenvalue weighted by Crippen LogP contribution is 2.59. The monoisotopic (exact) mass is 210 g/mol. The van der Waals surface area contributed by atoms with Crippen LogP contribution in [-0.2, 0) is 0 Å². The van der Waals surface area contributed by atoms with Crippen molar-refractivity contribution in [3.05, 3.63) is 12.7 Å². The molecule has 0 unspecified atom stereocenters. The van der Waals surface area contributed by atoms with Crippen LogP contribution in [-0.4, -0.2) is 17.5 Å². The van der Waals surface area contributed by atoms with Crippen molar-refractivity contribution in [2.45, 2.75) is 62.7 Å². The van der Waals surface area contributed by atoms with Crippen molar-refractivity contribution in [3.8, 4) is 0 Å². The SMILES string of the molecule is C=CCCCP1C2CCCC1CCC2. The molecule has 2 rings (SSSR count). The van der Waals surface area contributed by atoms with Gasteiger partial charge in [0, 0.05) is 0 Å². The molecule has 0 aromatic rings. The molecule has 0 saturated carbocycles. The minimum Gasteiger partial charge on any atom is -0.103 e. The molecule has 0 atom stereocenters. The van der Waals surface area contributed by atoms with E-state index in [0.29, 0.717) is 7.92 Å². The number of fused-ring (bicyclic) bond motifs is 2. The number of hydrogen-bond acceptors (Lipinski definition) is 0. The maximum absolute atomic E-state index is 3.82. The topological polar surface area (TPSA) is 0 Å². The van der Waals surface area contributed by atoms with Gasteiger partial charge in [0.15, 0.2) is 0 Å². The van der Waals surface area contributed by atoms with E-state index in [1.807, 2.05) is 0 Å². The minimum atomic E-state index is 0.431. The summed E-state index contributed by atoms with van der Waals surface area (Å²) in [6.45, 7) is 3.82. The quantitative estimate of drug-likeness (QED) is 0.363. The molecule has 0 aliphatic carbocycles. The number of allylic oxidation sites excluding steroid dienone is 1. The normalized spacial score (nSPS) is 36.7. The van der Waals surface area contributed by atoms with Gasteiger partial charge in [-0.3, -0.25) is 0 Å². The lowest BCUT2D eigenvalue weighted by Gasteiger charge is -2.43. The van der Waals surface area contributed by atoms with Gasteiger partial charge in [-0.05, 0) is 56.0 Å².